The highest BCUT2D eigenvalue weighted by atomic mass is 32.1. The molecule has 0 aliphatic rings. The van der Waals surface area contributed by atoms with Crippen LogP contribution in [0.2, 0.25) is 0 Å². The fourth-order valence-electron chi connectivity index (χ4n) is 1.51. The molecule has 0 spiro atoms. The fraction of sp³-hybridized carbons (Fsp3) is 0.333. The van der Waals surface area contributed by atoms with Crippen molar-refractivity contribution in [2.24, 2.45) is 0 Å². The van der Waals surface area contributed by atoms with Crippen molar-refractivity contribution in [2.45, 2.75) is 19.5 Å². The maximum absolute atomic E-state index is 12.5. The third-order valence-corrected chi connectivity index (χ3v) is 3.38. The molecule has 0 atom stereocenters. The Labute approximate surface area is 112 Å². The summed E-state index contributed by atoms with van der Waals surface area (Å²) in [5.41, 5.74) is 0.0692. The van der Waals surface area contributed by atoms with Crippen LogP contribution in [-0.2, 0) is 12.6 Å². The molecular formula is C12H12F3N3S. The summed E-state index contributed by atoms with van der Waals surface area (Å²) in [5, 5.41) is 5.77. The maximum atomic E-state index is 12.5. The Kier molecular flexibility index (Phi) is 4.04. The van der Waals surface area contributed by atoms with Crippen molar-refractivity contribution >= 4 is 17.2 Å². The minimum Gasteiger partial charge on any atom is -0.370 e. The van der Waals surface area contributed by atoms with Crippen LogP contribution in [-0.4, -0.2) is 16.5 Å². The molecule has 0 saturated carbocycles. The van der Waals surface area contributed by atoms with Gasteiger partial charge in [0.05, 0.1) is 5.01 Å². The van der Waals surface area contributed by atoms with E-state index in [1.54, 1.807) is 11.3 Å². The molecule has 0 aliphatic carbocycles. The summed E-state index contributed by atoms with van der Waals surface area (Å²) in [7, 11) is 0. The van der Waals surface area contributed by atoms with Gasteiger partial charge in [-0.1, -0.05) is 6.07 Å². The second-order valence-corrected chi connectivity index (χ2v) is 4.91. The molecule has 2 heterocycles. The number of hydrogen-bond donors (Lipinski definition) is 1. The average molecular weight is 287 g/mol. The lowest BCUT2D eigenvalue weighted by Crippen LogP contribution is -2.11. The number of alkyl halides is 3. The molecular weight excluding hydrogens is 275 g/mol. The first-order valence-corrected chi connectivity index (χ1v) is 6.52. The van der Waals surface area contributed by atoms with Crippen molar-refractivity contribution in [3.8, 4) is 0 Å². The number of nitrogens with one attached hydrogen (secondary N) is 1. The van der Waals surface area contributed by atoms with Crippen molar-refractivity contribution in [3.05, 3.63) is 40.0 Å². The topological polar surface area (TPSA) is 37.8 Å². The van der Waals surface area contributed by atoms with E-state index >= 15 is 0 Å². The smallest absolute Gasteiger partial charge is 0.370 e. The van der Waals surface area contributed by atoms with Crippen LogP contribution in [0, 0.1) is 6.92 Å². The van der Waals surface area contributed by atoms with Crippen molar-refractivity contribution in [1.82, 2.24) is 9.97 Å². The van der Waals surface area contributed by atoms with Crippen LogP contribution >= 0.6 is 11.3 Å². The first-order chi connectivity index (χ1) is 8.95. The molecule has 0 radical (unpaired) electrons. The van der Waals surface area contributed by atoms with Gasteiger partial charge in [0, 0.05) is 24.0 Å². The van der Waals surface area contributed by atoms with E-state index in [1.807, 2.05) is 12.3 Å². The molecule has 0 aromatic carbocycles. The van der Waals surface area contributed by atoms with Gasteiger partial charge in [-0.2, -0.15) is 13.2 Å². The predicted molar refractivity (Wildman–Crippen MR) is 68.3 cm³/mol. The highest BCUT2D eigenvalue weighted by molar-refractivity contribution is 7.09. The van der Waals surface area contributed by atoms with Crippen molar-refractivity contribution < 1.29 is 13.2 Å². The maximum Gasteiger partial charge on any atom is 0.433 e. The summed E-state index contributed by atoms with van der Waals surface area (Å²) < 4.78 is 37.4. The molecule has 0 amide bonds. The van der Waals surface area contributed by atoms with Crippen LogP contribution in [0.1, 0.15) is 16.4 Å². The number of rotatable bonds is 4. The van der Waals surface area contributed by atoms with Crippen molar-refractivity contribution in [1.29, 1.82) is 0 Å². The lowest BCUT2D eigenvalue weighted by atomic mass is 10.3. The minimum atomic E-state index is -4.41. The van der Waals surface area contributed by atoms with Gasteiger partial charge in [-0.3, -0.25) is 0 Å². The number of aryl methyl sites for hydroxylation is 1. The van der Waals surface area contributed by atoms with Gasteiger partial charge in [0.15, 0.2) is 0 Å². The Balaban J connectivity index is 1.93. The summed E-state index contributed by atoms with van der Waals surface area (Å²) in [6.45, 7) is 2.41. The number of pyridine rings is 1. The second-order valence-electron chi connectivity index (χ2n) is 3.97. The van der Waals surface area contributed by atoms with Crippen LogP contribution in [0.25, 0.3) is 0 Å². The Hall–Kier alpha value is -1.63. The molecule has 2 aromatic rings. The average Bonchev–Trinajstić information content (AvgIpc) is 2.74. The van der Waals surface area contributed by atoms with Gasteiger partial charge in [0.25, 0.3) is 0 Å². The largest absolute Gasteiger partial charge is 0.433 e. The molecule has 0 saturated heterocycles. The monoisotopic (exact) mass is 287 g/mol. The molecule has 7 heteroatoms. The standard InChI is InChI=1S/C12H12F3N3S/c1-8-7-19-11(17-8)5-6-16-10-4-2-3-9(18-10)12(13,14)15/h2-4,7H,5-6H2,1H3,(H,16,18). The molecule has 102 valence electrons. The molecule has 1 N–H and O–H groups in total. The van der Waals surface area contributed by atoms with Gasteiger partial charge in [0.2, 0.25) is 0 Å². The number of hydrogen-bond acceptors (Lipinski definition) is 4. The van der Waals surface area contributed by atoms with E-state index in [9.17, 15) is 13.2 Å². The third-order valence-electron chi connectivity index (χ3n) is 2.35. The zero-order chi connectivity index (χ0) is 13.9. The molecule has 19 heavy (non-hydrogen) atoms. The first-order valence-electron chi connectivity index (χ1n) is 5.64. The minimum absolute atomic E-state index is 0.225. The summed E-state index contributed by atoms with van der Waals surface area (Å²) in [4.78, 5) is 7.80. The summed E-state index contributed by atoms with van der Waals surface area (Å²) in [5.74, 6) is 0.225. The lowest BCUT2D eigenvalue weighted by Gasteiger charge is -2.08. The number of nitrogens with zero attached hydrogens (tertiary/aromatic N) is 2. The van der Waals surface area contributed by atoms with Crippen molar-refractivity contribution in [3.63, 3.8) is 0 Å². The van der Waals surface area contributed by atoms with Gasteiger partial charge >= 0.3 is 6.18 Å². The molecule has 2 aromatic heterocycles. The second kappa shape index (κ2) is 5.56. The third kappa shape index (κ3) is 3.92. The van der Waals surface area contributed by atoms with Crippen LogP contribution in [0.15, 0.2) is 23.6 Å². The zero-order valence-corrected chi connectivity index (χ0v) is 11.0. The van der Waals surface area contributed by atoms with Gasteiger partial charge in [-0.25, -0.2) is 9.97 Å². The number of anilines is 1. The van der Waals surface area contributed by atoms with Crippen LogP contribution < -0.4 is 5.32 Å². The first kappa shape index (κ1) is 13.8. The molecule has 0 fully saturated rings. The van der Waals surface area contributed by atoms with Gasteiger partial charge in [0.1, 0.15) is 11.5 Å². The van der Waals surface area contributed by atoms with E-state index in [4.69, 9.17) is 0 Å². The Morgan fingerprint density at radius 1 is 1.26 bits per heavy atom. The number of thiazole rings is 1. The Bertz CT molecular complexity index is 551. The van der Waals surface area contributed by atoms with Crippen LogP contribution in [0.5, 0.6) is 0 Å². The fourth-order valence-corrected chi connectivity index (χ4v) is 2.28. The van der Waals surface area contributed by atoms with E-state index < -0.39 is 11.9 Å². The zero-order valence-electron chi connectivity index (χ0n) is 10.2. The molecule has 3 nitrogen and oxygen atoms in total. The normalized spacial score (nSPS) is 11.6. The van der Waals surface area contributed by atoms with E-state index in [1.165, 1.54) is 12.1 Å². The van der Waals surface area contributed by atoms with Gasteiger partial charge < -0.3 is 5.32 Å². The highest BCUT2D eigenvalue weighted by Crippen LogP contribution is 2.28. The lowest BCUT2D eigenvalue weighted by molar-refractivity contribution is -0.141. The van der Waals surface area contributed by atoms with E-state index in [0.29, 0.717) is 13.0 Å². The van der Waals surface area contributed by atoms with Crippen LogP contribution in [0.3, 0.4) is 0 Å². The summed E-state index contributed by atoms with van der Waals surface area (Å²) in [6.07, 6.45) is -3.75. The van der Waals surface area contributed by atoms with E-state index in [-0.39, 0.29) is 5.82 Å². The van der Waals surface area contributed by atoms with Gasteiger partial charge in [-0.05, 0) is 19.1 Å². The Morgan fingerprint density at radius 3 is 2.68 bits per heavy atom. The molecule has 0 bridgehead atoms. The van der Waals surface area contributed by atoms with E-state index in [2.05, 4.69) is 15.3 Å². The predicted octanol–water partition coefficient (Wildman–Crippen LogP) is 3.52. The van der Waals surface area contributed by atoms with Gasteiger partial charge in [-0.15, -0.1) is 11.3 Å². The van der Waals surface area contributed by atoms with Crippen molar-refractivity contribution in [2.75, 3.05) is 11.9 Å². The highest BCUT2D eigenvalue weighted by Gasteiger charge is 2.32. The summed E-state index contributed by atoms with van der Waals surface area (Å²) >= 11 is 1.54. The van der Waals surface area contributed by atoms with E-state index in [0.717, 1.165) is 16.8 Å². The Morgan fingerprint density at radius 2 is 2.05 bits per heavy atom. The SMILES string of the molecule is Cc1csc(CCNc2cccc(C(F)(F)F)n2)n1. The molecule has 2 rings (SSSR count). The number of aromatic nitrogens is 2. The van der Waals surface area contributed by atoms with Crippen LogP contribution in [0.4, 0.5) is 19.0 Å². The molecule has 0 unspecified atom stereocenters. The molecule has 0 aliphatic heterocycles. The quantitative estimate of drug-likeness (QED) is 0.935. The summed E-state index contributed by atoms with van der Waals surface area (Å²) in [6, 6.07) is 3.81. The number of halogens is 3.